The Morgan fingerprint density at radius 3 is 2.70 bits per heavy atom. The predicted molar refractivity (Wildman–Crippen MR) is 92.1 cm³/mol. The van der Waals surface area contributed by atoms with Crippen molar-refractivity contribution in [1.82, 2.24) is 15.2 Å². The fraction of sp³-hybridized carbons (Fsp3) is 0.412. The molecule has 6 heteroatoms. The van der Waals surface area contributed by atoms with Gasteiger partial charge in [-0.15, -0.1) is 11.3 Å². The van der Waals surface area contributed by atoms with Crippen molar-refractivity contribution in [2.75, 3.05) is 13.1 Å². The highest BCUT2D eigenvalue weighted by Gasteiger charge is 2.14. The van der Waals surface area contributed by atoms with Gasteiger partial charge >= 0.3 is 0 Å². The van der Waals surface area contributed by atoms with E-state index in [0.717, 1.165) is 11.6 Å². The van der Waals surface area contributed by atoms with Gasteiger partial charge in [0.1, 0.15) is 10.7 Å². The van der Waals surface area contributed by atoms with Crippen LogP contribution in [0.2, 0.25) is 0 Å². The molecule has 2 aromatic rings. The van der Waals surface area contributed by atoms with Gasteiger partial charge in [-0.1, -0.05) is 24.3 Å². The summed E-state index contributed by atoms with van der Waals surface area (Å²) in [7, 11) is 0. The Labute approximate surface area is 140 Å². The van der Waals surface area contributed by atoms with Crippen molar-refractivity contribution < 1.29 is 4.79 Å². The zero-order valence-electron chi connectivity index (χ0n) is 13.1. The van der Waals surface area contributed by atoms with Gasteiger partial charge in [0.15, 0.2) is 0 Å². The maximum atomic E-state index is 12.2. The number of carbonyl (C=O) groups excluding carboxylic acids is 1. The minimum atomic E-state index is -0.142. The number of thiazole rings is 1. The first kappa shape index (κ1) is 16.1. The summed E-state index contributed by atoms with van der Waals surface area (Å²) >= 11 is 1.42. The van der Waals surface area contributed by atoms with Gasteiger partial charge in [-0.2, -0.15) is 0 Å². The average molecular weight is 330 g/mol. The number of carbonyl (C=O) groups is 1. The van der Waals surface area contributed by atoms with Crippen molar-refractivity contribution in [1.29, 1.82) is 0 Å². The lowest BCUT2D eigenvalue weighted by molar-refractivity contribution is 0.0946. The van der Waals surface area contributed by atoms with Gasteiger partial charge in [0.25, 0.3) is 5.91 Å². The third-order valence-corrected chi connectivity index (χ3v) is 4.98. The lowest BCUT2D eigenvalue weighted by Crippen LogP contribution is -2.25. The predicted octanol–water partition coefficient (Wildman–Crippen LogP) is 2.13. The van der Waals surface area contributed by atoms with E-state index in [9.17, 15) is 4.79 Å². The van der Waals surface area contributed by atoms with Crippen molar-refractivity contribution in [2.24, 2.45) is 5.73 Å². The van der Waals surface area contributed by atoms with E-state index in [0.29, 0.717) is 18.8 Å². The molecule has 23 heavy (non-hydrogen) atoms. The summed E-state index contributed by atoms with van der Waals surface area (Å²) in [6.45, 7) is 4.19. The van der Waals surface area contributed by atoms with Crippen molar-refractivity contribution in [3.05, 3.63) is 51.5 Å². The number of likely N-dealkylation sites (tertiary alicyclic amines) is 1. The Hall–Kier alpha value is -1.76. The number of hydrogen-bond acceptors (Lipinski definition) is 5. The Morgan fingerprint density at radius 1 is 1.26 bits per heavy atom. The van der Waals surface area contributed by atoms with E-state index in [4.69, 9.17) is 5.73 Å². The van der Waals surface area contributed by atoms with Crippen LogP contribution in [-0.2, 0) is 19.6 Å². The Morgan fingerprint density at radius 2 is 2.00 bits per heavy atom. The molecule has 1 fully saturated rings. The van der Waals surface area contributed by atoms with Gasteiger partial charge in [-0.3, -0.25) is 9.69 Å². The molecule has 122 valence electrons. The highest BCUT2D eigenvalue weighted by molar-refractivity contribution is 7.09. The second-order valence-electron chi connectivity index (χ2n) is 5.77. The number of nitrogens with one attached hydrogen (secondary N) is 1. The molecular formula is C17H22N4OS. The second-order valence-corrected chi connectivity index (χ2v) is 6.71. The quantitative estimate of drug-likeness (QED) is 0.851. The van der Waals surface area contributed by atoms with E-state index in [2.05, 4.69) is 33.4 Å². The average Bonchev–Trinajstić information content (AvgIpc) is 3.25. The fourth-order valence-corrected chi connectivity index (χ4v) is 3.50. The number of hydrogen-bond donors (Lipinski definition) is 2. The first-order chi connectivity index (χ1) is 11.3. The third-order valence-electron chi connectivity index (χ3n) is 4.11. The smallest absolute Gasteiger partial charge is 0.271 e. The first-order valence-electron chi connectivity index (χ1n) is 7.98. The van der Waals surface area contributed by atoms with E-state index in [-0.39, 0.29) is 5.91 Å². The standard InChI is InChI=1S/C17H22N4OS/c18-9-16-20-15(12-23-16)17(22)19-10-13-5-1-2-6-14(13)11-21-7-3-4-8-21/h1-2,5-6,12H,3-4,7-11,18H2,(H,19,22). The number of nitrogens with two attached hydrogens (primary N) is 1. The zero-order chi connectivity index (χ0) is 16.1. The fourth-order valence-electron chi connectivity index (χ4n) is 2.84. The molecule has 0 atom stereocenters. The third kappa shape index (κ3) is 4.16. The number of aromatic nitrogens is 1. The van der Waals surface area contributed by atoms with Crippen molar-refractivity contribution in [3.63, 3.8) is 0 Å². The summed E-state index contributed by atoms with van der Waals surface area (Å²) in [6.07, 6.45) is 2.57. The number of nitrogens with zero attached hydrogens (tertiary/aromatic N) is 2. The molecule has 1 aromatic carbocycles. The number of rotatable bonds is 6. The molecule has 0 unspecified atom stereocenters. The van der Waals surface area contributed by atoms with Gasteiger partial charge < -0.3 is 11.1 Å². The minimum absolute atomic E-state index is 0.142. The maximum Gasteiger partial charge on any atom is 0.271 e. The van der Waals surface area contributed by atoms with Crippen LogP contribution in [0, 0.1) is 0 Å². The van der Waals surface area contributed by atoms with E-state index in [1.54, 1.807) is 5.38 Å². The van der Waals surface area contributed by atoms with Gasteiger partial charge in [0.05, 0.1) is 0 Å². The van der Waals surface area contributed by atoms with E-state index >= 15 is 0 Å². The van der Waals surface area contributed by atoms with Crippen LogP contribution < -0.4 is 11.1 Å². The maximum absolute atomic E-state index is 12.2. The van der Waals surface area contributed by atoms with Crippen molar-refractivity contribution in [3.8, 4) is 0 Å². The van der Waals surface area contributed by atoms with Crippen LogP contribution in [0.1, 0.15) is 39.5 Å². The zero-order valence-corrected chi connectivity index (χ0v) is 13.9. The SMILES string of the molecule is NCc1nc(C(=O)NCc2ccccc2CN2CCCC2)cs1. The molecule has 0 radical (unpaired) electrons. The molecule has 0 aliphatic carbocycles. The summed E-state index contributed by atoms with van der Waals surface area (Å²) in [6, 6.07) is 8.31. The lowest BCUT2D eigenvalue weighted by Gasteiger charge is -2.17. The van der Waals surface area contributed by atoms with E-state index in [1.807, 2.05) is 6.07 Å². The van der Waals surface area contributed by atoms with Crippen LogP contribution in [0.25, 0.3) is 0 Å². The molecule has 1 amide bonds. The molecule has 3 rings (SSSR count). The van der Waals surface area contributed by atoms with E-state index in [1.165, 1.54) is 48.4 Å². The van der Waals surface area contributed by atoms with Gasteiger partial charge in [-0.05, 0) is 37.1 Å². The Bertz CT molecular complexity index is 664. The van der Waals surface area contributed by atoms with Crippen LogP contribution in [0.3, 0.4) is 0 Å². The molecule has 0 spiro atoms. The van der Waals surface area contributed by atoms with E-state index < -0.39 is 0 Å². The van der Waals surface area contributed by atoms with Gasteiger partial charge in [0.2, 0.25) is 0 Å². The normalized spacial score (nSPS) is 15.0. The van der Waals surface area contributed by atoms with Crippen LogP contribution in [0.15, 0.2) is 29.6 Å². The van der Waals surface area contributed by atoms with Gasteiger partial charge in [-0.25, -0.2) is 4.98 Å². The minimum Gasteiger partial charge on any atom is -0.347 e. The largest absolute Gasteiger partial charge is 0.347 e. The Kier molecular flexibility index (Phi) is 5.38. The summed E-state index contributed by atoms with van der Waals surface area (Å²) in [5.74, 6) is -0.142. The Balaban J connectivity index is 1.62. The molecule has 3 N–H and O–H groups in total. The van der Waals surface area contributed by atoms with Crippen LogP contribution in [-0.4, -0.2) is 28.9 Å². The molecule has 5 nitrogen and oxygen atoms in total. The molecule has 0 bridgehead atoms. The van der Waals surface area contributed by atoms with Gasteiger partial charge in [0, 0.05) is 25.0 Å². The second kappa shape index (κ2) is 7.68. The summed E-state index contributed by atoms with van der Waals surface area (Å²) in [5.41, 5.74) is 8.45. The number of benzene rings is 1. The number of amides is 1. The van der Waals surface area contributed by atoms with Crippen molar-refractivity contribution >= 4 is 17.2 Å². The highest BCUT2D eigenvalue weighted by Crippen LogP contribution is 2.16. The van der Waals surface area contributed by atoms with Crippen molar-refractivity contribution in [2.45, 2.75) is 32.5 Å². The first-order valence-corrected chi connectivity index (χ1v) is 8.86. The molecule has 1 aliphatic rings. The molecule has 1 aliphatic heterocycles. The summed E-state index contributed by atoms with van der Waals surface area (Å²) in [4.78, 5) is 18.9. The van der Waals surface area contributed by atoms with Crippen LogP contribution in [0.4, 0.5) is 0 Å². The summed E-state index contributed by atoms with van der Waals surface area (Å²) in [5, 5.41) is 5.50. The molecule has 2 heterocycles. The lowest BCUT2D eigenvalue weighted by atomic mass is 10.1. The molecule has 1 aromatic heterocycles. The summed E-state index contributed by atoms with van der Waals surface area (Å²) < 4.78 is 0. The van der Waals surface area contributed by atoms with Crippen LogP contribution >= 0.6 is 11.3 Å². The molecule has 1 saturated heterocycles. The highest BCUT2D eigenvalue weighted by atomic mass is 32.1. The monoisotopic (exact) mass is 330 g/mol. The van der Waals surface area contributed by atoms with Crippen LogP contribution in [0.5, 0.6) is 0 Å². The molecule has 0 saturated carbocycles. The topological polar surface area (TPSA) is 71.2 Å². The molecular weight excluding hydrogens is 308 g/mol.